The summed E-state index contributed by atoms with van der Waals surface area (Å²) in [4.78, 5) is 16.8. The van der Waals surface area contributed by atoms with Crippen molar-refractivity contribution in [2.45, 2.75) is 26.3 Å². The molecule has 2 aromatic carbocycles. The van der Waals surface area contributed by atoms with Gasteiger partial charge in [0, 0.05) is 17.5 Å². The number of ether oxygens (including phenoxy) is 2. The van der Waals surface area contributed by atoms with Crippen LogP contribution < -0.4 is 14.8 Å². The molecule has 0 saturated carbocycles. The Morgan fingerprint density at radius 1 is 1.10 bits per heavy atom. The van der Waals surface area contributed by atoms with Gasteiger partial charge < -0.3 is 14.8 Å². The highest BCUT2D eigenvalue weighted by Crippen LogP contribution is 2.37. The van der Waals surface area contributed by atoms with Gasteiger partial charge in [-0.15, -0.1) is 11.3 Å². The summed E-state index contributed by atoms with van der Waals surface area (Å²) < 4.78 is 11.3. The van der Waals surface area contributed by atoms with Crippen LogP contribution in [-0.2, 0) is 11.2 Å². The standard InChI is InChI=1S/C25H28N2O3S/c1-3-29-19-10-11-22(30-4-2)21(16-19)26-24(28)17-27-14-12-23-20(13-15-31-23)25(27)18-8-6-5-7-9-18/h5-11,13,15-16,25H,3-4,12,14,17H2,1-2H3,(H,26,28). The number of thiophene rings is 1. The van der Waals surface area contributed by atoms with Crippen LogP contribution in [-0.4, -0.2) is 37.1 Å². The number of fused-ring (bicyclic) bond motifs is 1. The monoisotopic (exact) mass is 436 g/mol. The van der Waals surface area contributed by atoms with Crippen molar-refractivity contribution in [1.82, 2.24) is 4.90 Å². The largest absolute Gasteiger partial charge is 0.494 e. The lowest BCUT2D eigenvalue weighted by atomic mass is 9.93. The van der Waals surface area contributed by atoms with Crippen LogP contribution >= 0.6 is 11.3 Å². The van der Waals surface area contributed by atoms with E-state index in [4.69, 9.17) is 9.47 Å². The SMILES string of the molecule is CCOc1ccc(OCC)c(NC(=O)CN2CCc3sccc3C2c2ccccc2)c1. The number of rotatable bonds is 8. The highest BCUT2D eigenvalue weighted by Gasteiger charge is 2.30. The molecule has 0 saturated heterocycles. The van der Waals surface area contributed by atoms with Crippen LogP contribution in [0.15, 0.2) is 60.0 Å². The van der Waals surface area contributed by atoms with Crippen LogP contribution in [0.25, 0.3) is 0 Å². The molecule has 4 rings (SSSR count). The van der Waals surface area contributed by atoms with Crippen LogP contribution in [0.1, 0.15) is 35.9 Å². The molecule has 0 aliphatic carbocycles. The van der Waals surface area contributed by atoms with Crippen molar-refractivity contribution in [3.8, 4) is 11.5 Å². The second-order valence-electron chi connectivity index (χ2n) is 7.40. The van der Waals surface area contributed by atoms with Gasteiger partial charge in [-0.1, -0.05) is 30.3 Å². The van der Waals surface area contributed by atoms with E-state index < -0.39 is 0 Å². The second-order valence-corrected chi connectivity index (χ2v) is 8.41. The molecule has 1 aliphatic heterocycles. The molecule has 1 N–H and O–H groups in total. The Morgan fingerprint density at radius 2 is 1.90 bits per heavy atom. The fourth-order valence-corrected chi connectivity index (χ4v) is 4.99. The zero-order valence-corrected chi connectivity index (χ0v) is 18.8. The number of carbonyl (C=O) groups is 1. The first-order valence-corrected chi connectivity index (χ1v) is 11.6. The number of nitrogens with one attached hydrogen (secondary N) is 1. The summed E-state index contributed by atoms with van der Waals surface area (Å²) in [6.45, 7) is 6.11. The number of hydrogen-bond donors (Lipinski definition) is 1. The molecule has 1 aromatic heterocycles. The Hall–Kier alpha value is -2.83. The molecule has 31 heavy (non-hydrogen) atoms. The van der Waals surface area contributed by atoms with E-state index in [1.165, 1.54) is 16.0 Å². The first kappa shape index (κ1) is 21.4. The highest BCUT2D eigenvalue weighted by atomic mass is 32.1. The summed E-state index contributed by atoms with van der Waals surface area (Å²) in [6.07, 6.45) is 0.966. The minimum absolute atomic E-state index is 0.0609. The van der Waals surface area contributed by atoms with Crippen molar-refractivity contribution >= 4 is 22.9 Å². The maximum atomic E-state index is 13.1. The van der Waals surface area contributed by atoms with Crippen LogP contribution in [0.4, 0.5) is 5.69 Å². The molecule has 2 heterocycles. The lowest BCUT2D eigenvalue weighted by Crippen LogP contribution is -2.40. The van der Waals surface area contributed by atoms with Crippen molar-refractivity contribution in [3.05, 3.63) is 76.0 Å². The molecule has 0 bridgehead atoms. The Kier molecular flexibility index (Phi) is 6.89. The summed E-state index contributed by atoms with van der Waals surface area (Å²) in [5, 5.41) is 5.20. The van der Waals surface area contributed by atoms with Gasteiger partial charge in [0.1, 0.15) is 11.5 Å². The minimum Gasteiger partial charge on any atom is -0.494 e. The van der Waals surface area contributed by atoms with E-state index in [0.29, 0.717) is 36.9 Å². The Labute approximate surface area is 187 Å². The molecule has 3 aromatic rings. The molecular formula is C25H28N2O3S. The molecule has 1 atom stereocenters. The molecule has 1 unspecified atom stereocenters. The van der Waals surface area contributed by atoms with Gasteiger partial charge in [0.15, 0.2) is 0 Å². The molecule has 0 radical (unpaired) electrons. The zero-order chi connectivity index (χ0) is 21.6. The van der Waals surface area contributed by atoms with Gasteiger partial charge in [-0.2, -0.15) is 0 Å². The maximum Gasteiger partial charge on any atom is 0.238 e. The smallest absolute Gasteiger partial charge is 0.238 e. The minimum atomic E-state index is -0.0609. The van der Waals surface area contributed by atoms with Crippen LogP contribution in [0, 0.1) is 0 Å². The molecule has 5 nitrogen and oxygen atoms in total. The third-order valence-corrected chi connectivity index (χ3v) is 6.36. The number of nitrogens with zero attached hydrogens (tertiary/aromatic N) is 1. The summed E-state index contributed by atoms with van der Waals surface area (Å²) >= 11 is 1.80. The van der Waals surface area contributed by atoms with E-state index >= 15 is 0 Å². The van der Waals surface area contributed by atoms with Gasteiger partial charge >= 0.3 is 0 Å². The topological polar surface area (TPSA) is 50.8 Å². The average Bonchev–Trinajstić information content (AvgIpc) is 3.25. The van der Waals surface area contributed by atoms with E-state index in [1.54, 1.807) is 11.3 Å². The predicted molar refractivity (Wildman–Crippen MR) is 125 cm³/mol. The number of benzene rings is 2. The molecule has 1 amide bonds. The van der Waals surface area contributed by atoms with Crippen molar-refractivity contribution in [3.63, 3.8) is 0 Å². The number of hydrogen-bond acceptors (Lipinski definition) is 5. The number of anilines is 1. The zero-order valence-electron chi connectivity index (χ0n) is 18.0. The summed E-state index contributed by atoms with van der Waals surface area (Å²) in [5.41, 5.74) is 3.16. The third-order valence-electron chi connectivity index (χ3n) is 5.36. The third kappa shape index (κ3) is 4.92. The van der Waals surface area contributed by atoms with Crippen molar-refractivity contribution in [2.75, 3.05) is 31.6 Å². The van der Waals surface area contributed by atoms with Gasteiger partial charge in [-0.3, -0.25) is 9.69 Å². The fourth-order valence-electron chi connectivity index (χ4n) is 4.08. The van der Waals surface area contributed by atoms with Gasteiger partial charge in [0.2, 0.25) is 5.91 Å². The predicted octanol–water partition coefficient (Wildman–Crippen LogP) is 5.13. The van der Waals surface area contributed by atoms with Gasteiger partial charge in [-0.25, -0.2) is 0 Å². The van der Waals surface area contributed by atoms with E-state index in [1.807, 2.05) is 38.1 Å². The van der Waals surface area contributed by atoms with E-state index in [0.717, 1.165) is 13.0 Å². The molecule has 6 heteroatoms. The summed E-state index contributed by atoms with van der Waals surface area (Å²) in [7, 11) is 0. The van der Waals surface area contributed by atoms with Gasteiger partial charge in [0.25, 0.3) is 0 Å². The molecular weight excluding hydrogens is 408 g/mol. The normalized spacial score (nSPS) is 15.9. The first-order valence-electron chi connectivity index (χ1n) is 10.7. The van der Waals surface area contributed by atoms with Crippen LogP contribution in [0.2, 0.25) is 0 Å². The Balaban J connectivity index is 1.55. The van der Waals surface area contributed by atoms with Crippen molar-refractivity contribution < 1.29 is 14.3 Å². The summed E-state index contributed by atoms with van der Waals surface area (Å²) in [6, 6.07) is 18.2. The summed E-state index contributed by atoms with van der Waals surface area (Å²) in [5.74, 6) is 1.30. The van der Waals surface area contributed by atoms with Gasteiger partial charge in [0.05, 0.1) is 31.5 Å². The molecule has 0 spiro atoms. The quantitative estimate of drug-likeness (QED) is 0.532. The van der Waals surface area contributed by atoms with E-state index in [9.17, 15) is 4.79 Å². The van der Waals surface area contributed by atoms with Gasteiger partial charge in [-0.05, 0) is 55.0 Å². The van der Waals surface area contributed by atoms with E-state index in [-0.39, 0.29) is 11.9 Å². The van der Waals surface area contributed by atoms with Crippen LogP contribution in [0.3, 0.4) is 0 Å². The number of carbonyl (C=O) groups excluding carboxylic acids is 1. The lowest BCUT2D eigenvalue weighted by molar-refractivity contribution is -0.117. The Morgan fingerprint density at radius 3 is 2.68 bits per heavy atom. The second kappa shape index (κ2) is 9.98. The lowest BCUT2D eigenvalue weighted by Gasteiger charge is -2.35. The van der Waals surface area contributed by atoms with Crippen molar-refractivity contribution in [1.29, 1.82) is 0 Å². The first-order chi connectivity index (χ1) is 15.2. The van der Waals surface area contributed by atoms with Crippen molar-refractivity contribution in [2.24, 2.45) is 0 Å². The average molecular weight is 437 g/mol. The molecule has 1 aliphatic rings. The number of amides is 1. The Bertz CT molecular complexity index is 1020. The van der Waals surface area contributed by atoms with Crippen LogP contribution in [0.5, 0.6) is 11.5 Å². The molecule has 0 fully saturated rings. The maximum absolute atomic E-state index is 13.1. The fraction of sp³-hybridized carbons (Fsp3) is 0.320. The highest BCUT2D eigenvalue weighted by molar-refractivity contribution is 7.10. The van der Waals surface area contributed by atoms with E-state index in [2.05, 4.69) is 45.9 Å². The molecule has 162 valence electrons.